The van der Waals surface area contributed by atoms with Crippen LogP contribution in [0.4, 0.5) is 0 Å². The highest BCUT2D eigenvalue weighted by atomic mass is 16.2. The third-order valence-corrected chi connectivity index (χ3v) is 4.39. The van der Waals surface area contributed by atoms with Gasteiger partial charge in [-0.1, -0.05) is 27.7 Å². The average Bonchev–Trinajstić information content (AvgIpc) is 2.30. The van der Waals surface area contributed by atoms with E-state index in [1.807, 2.05) is 4.90 Å². The number of hydrogen-bond donors (Lipinski definition) is 1. The Bertz CT molecular complexity index is 261. The number of rotatable bonds is 4. The second-order valence-corrected chi connectivity index (χ2v) is 6.19. The third-order valence-electron chi connectivity index (χ3n) is 4.39. The Labute approximate surface area is 106 Å². The molecule has 1 aliphatic rings. The van der Waals surface area contributed by atoms with E-state index in [-0.39, 0.29) is 16.7 Å². The Hall–Kier alpha value is -0.570. The van der Waals surface area contributed by atoms with Gasteiger partial charge in [-0.2, -0.15) is 0 Å². The van der Waals surface area contributed by atoms with Gasteiger partial charge in [-0.05, 0) is 31.1 Å². The summed E-state index contributed by atoms with van der Waals surface area (Å²) in [6.45, 7) is 10.9. The molecule has 0 aliphatic carbocycles. The average molecular weight is 240 g/mol. The third kappa shape index (κ3) is 3.01. The molecular weight excluding hydrogens is 212 g/mol. The number of carbonyl (C=O) groups is 1. The van der Waals surface area contributed by atoms with Crippen molar-refractivity contribution in [3.05, 3.63) is 0 Å². The fourth-order valence-corrected chi connectivity index (χ4v) is 2.86. The van der Waals surface area contributed by atoms with Gasteiger partial charge in [0.05, 0.1) is 5.41 Å². The molecule has 0 radical (unpaired) electrons. The molecule has 3 heteroatoms. The predicted molar refractivity (Wildman–Crippen MR) is 71.7 cm³/mol. The lowest BCUT2D eigenvalue weighted by atomic mass is 9.78. The minimum atomic E-state index is -0.326. The van der Waals surface area contributed by atoms with E-state index in [0.29, 0.717) is 6.54 Å². The molecule has 0 aromatic rings. The maximum Gasteiger partial charge on any atom is 0.230 e. The summed E-state index contributed by atoms with van der Waals surface area (Å²) in [7, 11) is 0. The lowest BCUT2D eigenvalue weighted by molar-refractivity contribution is -0.145. The maximum atomic E-state index is 12.6. The Morgan fingerprint density at radius 1 is 1.35 bits per heavy atom. The number of likely N-dealkylation sites (tertiary alicyclic amines) is 1. The van der Waals surface area contributed by atoms with E-state index >= 15 is 0 Å². The number of amides is 1. The Morgan fingerprint density at radius 2 is 1.94 bits per heavy atom. The van der Waals surface area contributed by atoms with E-state index in [4.69, 9.17) is 5.73 Å². The van der Waals surface area contributed by atoms with Crippen molar-refractivity contribution in [3.8, 4) is 0 Å². The summed E-state index contributed by atoms with van der Waals surface area (Å²) in [6.07, 6.45) is 4.02. The molecule has 0 aromatic heterocycles. The molecule has 1 rings (SSSR count). The normalized spacial score (nSPS) is 20.4. The van der Waals surface area contributed by atoms with Crippen molar-refractivity contribution in [2.45, 2.75) is 53.4 Å². The molecule has 1 aliphatic heterocycles. The molecule has 1 saturated heterocycles. The zero-order chi connectivity index (χ0) is 13.1. The van der Waals surface area contributed by atoms with Gasteiger partial charge in [0.2, 0.25) is 5.91 Å². The van der Waals surface area contributed by atoms with Crippen LogP contribution in [0.1, 0.15) is 53.4 Å². The monoisotopic (exact) mass is 240 g/mol. The zero-order valence-corrected chi connectivity index (χ0v) is 11.9. The van der Waals surface area contributed by atoms with Crippen LogP contribution >= 0.6 is 0 Å². The molecule has 1 heterocycles. The number of carbonyl (C=O) groups excluding carboxylic acids is 1. The van der Waals surface area contributed by atoms with Crippen LogP contribution < -0.4 is 5.73 Å². The summed E-state index contributed by atoms with van der Waals surface area (Å²) in [6, 6.07) is 0. The highest BCUT2D eigenvalue weighted by Crippen LogP contribution is 2.33. The number of hydrogen-bond acceptors (Lipinski definition) is 2. The Kier molecular flexibility index (Phi) is 4.59. The van der Waals surface area contributed by atoms with Crippen molar-refractivity contribution in [1.82, 2.24) is 4.90 Å². The first-order valence-electron chi connectivity index (χ1n) is 6.90. The standard InChI is InChI=1S/C14H28N2O/c1-5-14(6-2,10-15)12(17)16-9-7-8-13(3,4)11-16/h5-11,15H2,1-4H3. The van der Waals surface area contributed by atoms with Crippen molar-refractivity contribution in [2.24, 2.45) is 16.6 Å². The molecule has 0 bridgehead atoms. The summed E-state index contributed by atoms with van der Waals surface area (Å²) in [5, 5.41) is 0. The molecule has 0 atom stereocenters. The van der Waals surface area contributed by atoms with Gasteiger partial charge in [-0.15, -0.1) is 0 Å². The van der Waals surface area contributed by atoms with Crippen molar-refractivity contribution in [3.63, 3.8) is 0 Å². The van der Waals surface area contributed by atoms with Crippen LogP contribution in [0.2, 0.25) is 0 Å². The topological polar surface area (TPSA) is 46.3 Å². The zero-order valence-electron chi connectivity index (χ0n) is 11.9. The van der Waals surface area contributed by atoms with E-state index in [0.717, 1.165) is 32.4 Å². The quantitative estimate of drug-likeness (QED) is 0.820. The largest absolute Gasteiger partial charge is 0.342 e. The summed E-state index contributed by atoms with van der Waals surface area (Å²) in [5.74, 6) is 0.276. The fraction of sp³-hybridized carbons (Fsp3) is 0.929. The summed E-state index contributed by atoms with van der Waals surface area (Å²) < 4.78 is 0. The van der Waals surface area contributed by atoms with Gasteiger partial charge in [0.1, 0.15) is 0 Å². The first-order chi connectivity index (χ1) is 7.90. The van der Waals surface area contributed by atoms with Crippen LogP contribution in [-0.4, -0.2) is 30.4 Å². The molecule has 0 saturated carbocycles. The molecule has 100 valence electrons. The van der Waals surface area contributed by atoms with Gasteiger partial charge < -0.3 is 10.6 Å². The van der Waals surface area contributed by atoms with E-state index in [9.17, 15) is 4.79 Å². The minimum absolute atomic E-state index is 0.260. The van der Waals surface area contributed by atoms with Gasteiger partial charge in [0.15, 0.2) is 0 Å². The van der Waals surface area contributed by atoms with E-state index in [2.05, 4.69) is 27.7 Å². The van der Waals surface area contributed by atoms with Crippen LogP contribution in [0.3, 0.4) is 0 Å². The molecule has 17 heavy (non-hydrogen) atoms. The first-order valence-corrected chi connectivity index (χ1v) is 6.90. The Balaban J connectivity index is 2.81. The van der Waals surface area contributed by atoms with Crippen molar-refractivity contribution in [1.29, 1.82) is 0 Å². The second-order valence-electron chi connectivity index (χ2n) is 6.19. The summed E-state index contributed by atoms with van der Waals surface area (Å²) in [4.78, 5) is 14.7. The highest BCUT2D eigenvalue weighted by molar-refractivity contribution is 5.83. The molecule has 0 spiro atoms. The molecule has 0 aromatic carbocycles. The van der Waals surface area contributed by atoms with Crippen LogP contribution in [0.25, 0.3) is 0 Å². The van der Waals surface area contributed by atoms with E-state index < -0.39 is 0 Å². The number of piperidine rings is 1. The number of nitrogens with zero attached hydrogens (tertiary/aromatic N) is 1. The first kappa shape index (κ1) is 14.5. The summed E-state index contributed by atoms with van der Waals surface area (Å²) >= 11 is 0. The lowest BCUT2D eigenvalue weighted by Gasteiger charge is -2.42. The molecule has 1 fully saturated rings. The van der Waals surface area contributed by atoms with Crippen LogP contribution in [-0.2, 0) is 4.79 Å². The van der Waals surface area contributed by atoms with Crippen LogP contribution in [0, 0.1) is 10.8 Å². The van der Waals surface area contributed by atoms with Crippen LogP contribution in [0.5, 0.6) is 0 Å². The molecular formula is C14H28N2O. The summed E-state index contributed by atoms with van der Waals surface area (Å²) in [5.41, 5.74) is 5.79. The number of nitrogens with two attached hydrogens (primary N) is 1. The van der Waals surface area contributed by atoms with Gasteiger partial charge in [0, 0.05) is 19.6 Å². The SMILES string of the molecule is CCC(CC)(CN)C(=O)N1CCCC(C)(C)C1. The Morgan fingerprint density at radius 3 is 2.35 bits per heavy atom. The van der Waals surface area contributed by atoms with Gasteiger partial charge >= 0.3 is 0 Å². The highest BCUT2D eigenvalue weighted by Gasteiger charge is 2.39. The maximum absolute atomic E-state index is 12.6. The fourth-order valence-electron chi connectivity index (χ4n) is 2.86. The van der Waals surface area contributed by atoms with Gasteiger partial charge in [-0.25, -0.2) is 0 Å². The van der Waals surface area contributed by atoms with Crippen LogP contribution in [0.15, 0.2) is 0 Å². The minimum Gasteiger partial charge on any atom is -0.342 e. The van der Waals surface area contributed by atoms with Crippen molar-refractivity contribution in [2.75, 3.05) is 19.6 Å². The smallest absolute Gasteiger partial charge is 0.230 e. The van der Waals surface area contributed by atoms with Gasteiger partial charge in [-0.3, -0.25) is 4.79 Å². The van der Waals surface area contributed by atoms with Gasteiger partial charge in [0.25, 0.3) is 0 Å². The lowest BCUT2D eigenvalue weighted by Crippen LogP contribution is -2.52. The molecule has 0 unspecified atom stereocenters. The van der Waals surface area contributed by atoms with Crippen molar-refractivity contribution < 1.29 is 4.79 Å². The van der Waals surface area contributed by atoms with E-state index in [1.165, 1.54) is 6.42 Å². The van der Waals surface area contributed by atoms with Crippen molar-refractivity contribution >= 4 is 5.91 Å². The second kappa shape index (κ2) is 5.38. The predicted octanol–water partition coefficient (Wildman–Crippen LogP) is 2.40. The molecule has 1 amide bonds. The van der Waals surface area contributed by atoms with E-state index in [1.54, 1.807) is 0 Å². The molecule has 3 nitrogen and oxygen atoms in total. The molecule has 2 N–H and O–H groups in total.